The van der Waals surface area contributed by atoms with Crippen LogP contribution in [-0.2, 0) is 23.9 Å². The van der Waals surface area contributed by atoms with E-state index in [1.807, 2.05) is 0 Å². The molecular formula is C16H23F3N4O2. The third-order valence-corrected chi connectivity index (χ3v) is 4.76. The van der Waals surface area contributed by atoms with Gasteiger partial charge in [-0.05, 0) is 25.2 Å². The lowest BCUT2D eigenvalue weighted by molar-refractivity contribution is -0.141. The molecule has 1 N–H and O–H groups in total. The van der Waals surface area contributed by atoms with E-state index < -0.39 is 11.9 Å². The van der Waals surface area contributed by atoms with E-state index in [2.05, 4.69) is 10.3 Å². The Morgan fingerprint density at radius 1 is 1.48 bits per heavy atom. The third kappa shape index (κ3) is 4.45. The summed E-state index contributed by atoms with van der Waals surface area (Å²) in [5.74, 6) is 0.579. The predicted octanol–water partition coefficient (Wildman–Crippen LogP) is 2.28. The topological polar surface area (TPSA) is 59.4 Å². The molecule has 1 aromatic rings. The fourth-order valence-corrected chi connectivity index (χ4v) is 3.41. The quantitative estimate of drug-likeness (QED) is 0.896. The Kier molecular flexibility index (Phi) is 5.21. The SMILES string of the molecule is CN(C[C@@H]1CCc2nc(C(F)(F)F)cn2C1)C(=O)NC[C@H]1CCCO1. The lowest BCUT2D eigenvalue weighted by Crippen LogP contribution is -2.43. The number of nitrogens with zero attached hydrogens (tertiary/aromatic N) is 3. The van der Waals surface area contributed by atoms with E-state index in [1.54, 1.807) is 16.5 Å². The Hall–Kier alpha value is -1.77. The molecule has 6 nitrogen and oxygen atoms in total. The standard InChI is InChI=1S/C16H23F3N4O2/c1-22(15(24)20-7-12-3-2-6-25-12)8-11-4-5-14-21-13(16(17,18)19)10-23(14)9-11/h10-12H,2-9H2,1H3,(H,20,24)/t11-,12+/m0/s1. The zero-order valence-electron chi connectivity index (χ0n) is 14.2. The molecule has 3 heterocycles. The Balaban J connectivity index is 1.50. The maximum Gasteiger partial charge on any atom is 0.434 e. The number of carbonyl (C=O) groups excluding carboxylic acids is 1. The van der Waals surface area contributed by atoms with E-state index in [0.29, 0.717) is 31.9 Å². The molecule has 0 bridgehead atoms. The van der Waals surface area contributed by atoms with Crippen molar-refractivity contribution in [3.05, 3.63) is 17.7 Å². The lowest BCUT2D eigenvalue weighted by Gasteiger charge is -2.28. The van der Waals surface area contributed by atoms with Gasteiger partial charge in [0.25, 0.3) is 0 Å². The monoisotopic (exact) mass is 360 g/mol. The van der Waals surface area contributed by atoms with Crippen LogP contribution in [0.5, 0.6) is 0 Å². The third-order valence-electron chi connectivity index (χ3n) is 4.76. The minimum absolute atomic E-state index is 0.0846. The maximum atomic E-state index is 12.8. The van der Waals surface area contributed by atoms with Crippen molar-refractivity contribution in [1.29, 1.82) is 0 Å². The van der Waals surface area contributed by atoms with Gasteiger partial charge < -0.3 is 19.5 Å². The van der Waals surface area contributed by atoms with Crippen molar-refractivity contribution in [2.75, 3.05) is 26.7 Å². The Labute approximate surface area is 144 Å². The summed E-state index contributed by atoms with van der Waals surface area (Å²) < 4.78 is 45.3. The van der Waals surface area contributed by atoms with Crippen LogP contribution in [0.3, 0.4) is 0 Å². The van der Waals surface area contributed by atoms with Crippen LogP contribution in [-0.4, -0.2) is 53.3 Å². The van der Waals surface area contributed by atoms with Gasteiger partial charge in [-0.3, -0.25) is 0 Å². The van der Waals surface area contributed by atoms with Crippen LogP contribution < -0.4 is 5.32 Å². The van der Waals surface area contributed by atoms with Crippen LogP contribution in [0.15, 0.2) is 6.20 Å². The van der Waals surface area contributed by atoms with E-state index in [4.69, 9.17) is 4.74 Å². The smallest absolute Gasteiger partial charge is 0.376 e. The van der Waals surface area contributed by atoms with E-state index in [1.165, 1.54) is 0 Å². The van der Waals surface area contributed by atoms with Crippen LogP contribution in [0.2, 0.25) is 0 Å². The average molecular weight is 360 g/mol. The Morgan fingerprint density at radius 2 is 2.28 bits per heavy atom. The maximum absolute atomic E-state index is 12.8. The van der Waals surface area contributed by atoms with Crippen molar-refractivity contribution in [3.63, 3.8) is 0 Å². The minimum atomic E-state index is -4.42. The fourth-order valence-electron chi connectivity index (χ4n) is 3.41. The number of aromatic nitrogens is 2. The number of nitrogens with one attached hydrogen (secondary N) is 1. The highest BCUT2D eigenvalue weighted by Crippen LogP contribution is 2.30. The number of carbonyl (C=O) groups is 1. The van der Waals surface area contributed by atoms with E-state index in [0.717, 1.165) is 32.1 Å². The van der Waals surface area contributed by atoms with Gasteiger partial charge in [0.2, 0.25) is 0 Å². The van der Waals surface area contributed by atoms with Crippen molar-refractivity contribution in [1.82, 2.24) is 19.8 Å². The van der Waals surface area contributed by atoms with Gasteiger partial charge in [0.1, 0.15) is 5.82 Å². The van der Waals surface area contributed by atoms with Crippen LogP contribution in [0.1, 0.15) is 30.8 Å². The zero-order valence-corrected chi connectivity index (χ0v) is 14.2. The number of urea groups is 1. The van der Waals surface area contributed by atoms with Crippen LogP contribution in [0.4, 0.5) is 18.0 Å². The predicted molar refractivity (Wildman–Crippen MR) is 84.0 cm³/mol. The van der Waals surface area contributed by atoms with Crippen LogP contribution >= 0.6 is 0 Å². The molecule has 2 amide bonds. The zero-order chi connectivity index (χ0) is 18.0. The number of hydrogen-bond acceptors (Lipinski definition) is 3. The molecule has 2 aliphatic rings. The first kappa shape index (κ1) is 18.0. The highest BCUT2D eigenvalue weighted by atomic mass is 19.4. The Bertz CT molecular complexity index is 611. The molecule has 140 valence electrons. The number of halogens is 3. The molecule has 1 aromatic heterocycles. The summed E-state index contributed by atoms with van der Waals surface area (Å²) in [5, 5.41) is 2.85. The van der Waals surface area contributed by atoms with Crippen molar-refractivity contribution >= 4 is 6.03 Å². The second-order valence-corrected chi connectivity index (χ2v) is 6.80. The summed E-state index contributed by atoms with van der Waals surface area (Å²) in [6.45, 7) is 2.18. The molecule has 1 fully saturated rings. The largest absolute Gasteiger partial charge is 0.434 e. The van der Waals surface area contributed by atoms with Crippen molar-refractivity contribution in [2.24, 2.45) is 5.92 Å². The van der Waals surface area contributed by atoms with Crippen molar-refractivity contribution < 1.29 is 22.7 Å². The second kappa shape index (κ2) is 7.23. The number of fused-ring (bicyclic) bond motifs is 1. The summed E-state index contributed by atoms with van der Waals surface area (Å²) in [5.41, 5.74) is -0.842. The lowest BCUT2D eigenvalue weighted by atomic mass is 9.99. The highest BCUT2D eigenvalue weighted by molar-refractivity contribution is 5.73. The van der Waals surface area contributed by atoms with E-state index >= 15 is 0 Å². The molecular weight excluding hydrogens is 337 g/mol. The first-order valence-electron chi connectivity index (χ1n) is 8.56. The summed E-state index contributed by atoms with van der Waals surface area (Å²) in [6.07, 6.45) is -0.0774. The normalized spacial score (nSPS) is 23.4. The van der Waals surface area contributed by atoms with Gasteiger partial charge >= 0.3 is 12.2 Å². The van der Waals surface area contributed by atoms with E-state index in [-0.39, 0.29) is 18.1 Å². The molecule has 2 aliphatic heterocycles. The first-order valence-corrected chi connectivity index (χ1v) is 8.56. The van der Waals surface area contributed by atoms with Crippen molar-refractivity contribution in [3.8, 4) is 0 Å². The van der Waals surface area contributed by atoms with Gasteiger partial charge in [-0.25, -0.2) is 9.78 Å². The van der Waals surface area contributed by atoms with Crippen molar-refractivity contribution in [2.45, 2.75) is 44.5 Å². The molecule has 0 aromatic carbocycles. The summed E-state index contributed by atoms with van der Waals surface area (Å²) in [4.78, 5) is 17.4. The van der Waals surface area contributed by atoms with Gasteiger partial charge in [0.05, 0.1) is 6.10 Å². The summed E-state index contributed by atoms with van der Waals surface area (Å²) >= 11 is 0. The number of rotatable bonds is 4. The number of imidazole rings is 1. The first-order chi connectivity index (χ1) is 11.8. The van der Waals surface area contributed by atoms with Crippen LogP contribution in [0, 0.1) is 5.92 Å². The number of ether oxygens (including phenoxy) is 1. The highest BCUT2D eigenvalue weighted by Gasteiger charge is 2.36. The second-order valence-electron chi connectivity index (χ2n) is 6.80. The molecule has 0 spiro atoms. The van der Waals surface area contributed by atoms with Gasteiger partial charge in [0, 0.05) is 45.9 Å². The molecule has 0 aliphatic carbocycles. The molecule has 25 heavy (non-hydrogen) atoms. The summed E-state index contributed by atoms with van der Waals surface area (Å²) in [6, 6.07) is -0.178. The van der Waals surface area contributed by atoms with Gasteiger partial charge in [-0.15, -0.1) is 0 Å². The molecule has 2 atom stereocenters. The molecule has 9 heteroatoms. The minimum Gasteiger partial charge on any atom is -0.376 e. The number of amides is 2. The molecule has 0 radical (unpaired) electrons. The number of hydrogen-bond donors (Lipinski definition) is 1. The average Bonchev–Trinajstić information content (AvgIpc) is 3.20. The van der Waals surface area contributed by atoms with Gasteiger partial charge in [-0.1, -0.05) is 0 Å². The molecule has 3 rings (SSSR count). The fraction of sp³-hybridized carbons (Fsp3) is 0.750. The molecule has 0 saturated carbocycles. The van der Waals surface area contributed by atoms with Crippen LogP contribution in [0.25, 0.3) is 0 Å². The van der Waals surface area contributed by atoms with E-state index in [9.17, 15) is 18.0 Å². The number of alkyl halides is 3. The number of aryl methyl sites for hydroxylation is 1. The molecule has 1 saturated heterocycles. The summed E-state index contributed by atoms with van der Waals surface area (Å²) in [7, 11) is 1.70. The molecule has 0 unspecified atom stereocenters. The van der Waals surface area contributed by atoms with Gasteiger partial charge in [-0.2, -0.15) is 13.2 Å². The Morgan fingerprint density at radius 3 is 2.96 bits per heavy atom. The van der Waals surface area contributed by atoms with Gasteiger partial charge in [0.15, 0.2) is 5.69 Å².